The molecule has 2 aliphatic heterocycles. The molecule has 4 nitrogen and oxygen atoms in total. The van der Waals surface area contributed by atoms with Gasteiger partial charge in [0.25, 0.3) is 0 Å². The Kier molecular flexibility index (Phi) is 6.05. The van der Waals surface area contributed by atoms with E-state index in [1.54, 1.807) is 0 Å². The topological polar surface area (TPSA) is 41.6 Å². The molecule has 0 amide bonds. The van der Waals surface area contributed by atoms with Gasteiger partial charge in [-0.05, 0) is 38.1 Å². The fraction of sp³-hybridized carbons (Fsp3) is 0.812. The van der Waals surface area contributed by atoms with Gasteiger partial charge in [0.1, 0.15) is 0 Å². The Labute approximate surface area is 122 Å². The van der Waals surface area contributed by atoms with Crippen LogP contribution in [0.5, 0.6) is 0 Å². The lowest BCUT2D eigenvalue weighted by Crippen LogP contribution is -2.51. The lowest BCUT2D eigenvalue weighted by Gasteiger charge is -2.41. The van der Waals surface area contributed by atoms with E-state index < -0.39 is 0 Å². The van der Waals surface area contributed by atoms with Crippen molar-refractivity contribution >= 4 is 5.97 Å². The fourth-order valence-corrected chi connectivity index (χ4v) is 3.60. The van der Waals surface area contributed by atoms with Gasteiger partial charge in [0.15, 0.2) is 0 Å². The number of methoxy groups -OCH3 is 1. The van der Waals surface area contributed by atoms with Crippen molar-refractivity contribution in [2.45, 2.75) is 38.1 Å². The molecule has 0 saturated carbocycles. The highest BCUT2D eigenvalue weighted by Crippen LogP contribution is 2.28. The predicted molar refractivity (Wildman–Crippen MR) is 80.5 cm³/mol. The quantitative estimate of drug-likeness (QED) is 0.616. The molecule has 2 saturated heterocycles. The predicted octanol–water partition coefficient (Wildman–Crippen LogP) is 1.82. The van der Waals surface area contributed by atoms with Gasteiger partial charge in [-0.25, -0.2) is 0 Å². The van der Waals surface area contributed by atoms with E-state index in [4.69, 9.17) is 4.74 Å². The Morgan fingerprint density at radius 1 is 1.45 bits per heavy atom. The molecule has 114 valence electrons. The van der Waals surface area contributed by atoms with E-state index in [1.165, 1.54) is 26.4 Å². The third-order valence-corrected chi connectivity index (χ3v) is 4.66. The molecule has 4 heteroatoms. The number of hydrogen-bond donors (Lipinski definition) is 1. The van der Waals surface area contributed by atoms with Crippen LogP contribution in [0, 0.1) is 11.8 Å². The minimum atomic E-state index is -0.0471. The molecule has 0 bridgehead atoms. The highest BCUT2D eigenvalue weighted by Gasteiger charge is 2.35. The van der Waals surface area contributed by atoms with Gasteiger partial charge in [0.05, 0.1) is 13.0 Å². The molecule has 0 radical (unpaired) electrons. The zero-order valence-corrected chi connectivity index (χ0v) is 12.6. The molecule has 0 spiro atoms. The minimum Gasteiger partial charge on any atom is -0.469 e. The summed E-state index contributed by atoms with van der Waals surface area (Å²) in [5.41, 5.74) is 0. The van der Waals surface area contributed by atoms with Crippen molar-refractivity contribution in [2.75, 3.05) is 33.3 Å². The summed E-state index contributed by atoms with van der Waals surface area (Å²) >= 11 is 0. The van der Waals surface area contributed by atoms with Crippen LogP contribution in [0.25, 0.3) is 0 Å². The summed E-state index contributed by atoms with van der Waals surface area (Å²) < 4.78 is 4.97. The van der Waals surface area contributed by atoms with Crippen molar-refractivity contribution in [1.82, 2.24) is 10.2 Å². The monoisotopic (exact) mass is 280 g/mol. The molecule has 1 N–H and O–H groups in total. The standard InChI is InChI=1S/C16H28N2O2/c1-3-4-9-18-11-13(15-7-5-6-8-17-15)10-14(12-18)16(19)20-2/h3,13-15,17H,1,4-12H2,2H3/t13-,14+,15+/m0/s1. The Balaban J connectivity index is 1.98. The van der Waals surface area contributed by atoms with Crippen molar-refractivity contribution < 1.29 is 9.53 Å². The second-order valence-electron chi connectivity index (χ2n) is 6.11. The van der Waals surface area contributed by atoms with E-state index in [1.807, 2.05) is 6.08 Å². The normalized spacial score (nSPS) is 31.8. The van der Waals surface area contributed by atoms with Crippen LogP contribution in [0.1, 0.15) is 32.1 Å². The maximum Gasteiger partial charge on any atom is 0.309 e. The summed E-state index contributed by atoms with van der Waals surface area (Å²) in [6.45, 7) is 7.85. The van der Waals surface area contributed by atoms with Crippen molar-refractivity contribution in [2.24, 2.45) is 11.8 Å². The highest BCUT2D eigenvalue weighted by atomic mass is 16.5. The lowest BCUT2D eigenvalue weighted by atomic mass is 9.81. The zero-order valence-electron chi connectivity index (χ0n) is 12.6. The largest absolute Gasteiger partial charge is 0.469 e. The molecule has 2 aliphatic rings. The third kappa shape index (κ3) is 4.06. The lowest BCUT2D eigenvalue weighted by molar-refractivity contribution is -0.148. The minimum absolute atomic E-state index is 0.0345. The van der Waals surface area contributed by atoms with Crippen molar-refractivity contribution in [3.05, 3.63) is 12.7 Å². The first-order chi connectivity index (χ1) is 9.74. The molecule has 0 aromatic rings. The van der Waals surface area contributed by atoms with Crippen LogP contribution in [-0.2, 0) is 9.53 Å². The maximum atomic E-state index is 11.9. The van der Waals surface area contributed by atoms with Gasteiger partial charge in [0.2, 0.25) is 0 Å². The van der Waals surface area contributed by atoms with Crippen molar-refractivity contribution in [1.29, 1.82) is 0 Å². The molecule has 3 atom stereocenters. The summed E-state index contributed by atoms with van der Waals surface area (Å²) in [5, 5.41) is 3.64. The van der Waals surface area contributed by atoms with E-state index >= 15 is 0 Å². The van der Waals surface area contributed by atoms with Gasteiger partial charge >= 0.3 is 5.97 Å². The molecular formula is C16H28N2O2. The van der Waals surface area contributed by atoms with Gasteiger partial charge < -0.3 is 15.0 Å². The molecule has 0 aliphatic carbocycles. The molecule has 2 rings (SSSR count). The van der Waals surface area contributed by atoms with E-state index in [9.17, 15) is 4.79 Å². The molecule has 0 unspecified atom stereocenters. The second kappa shape index (κ2) is 7.79. The first-order valence-corrected chi connectivity index (χ1v) is 7.89. The third-order valence-electron chi connectivity index (χ3n) is 4.66. The molecule has 2 heterocycles. The Morgan fingerprint density at radius 2 is 2.30 bits per heavy atom. The van der Waals surface area contributed by atoms with E-state index in [-0.39, 0.29) is 11.9 Å². The number of carbonyl (C=O) groups is 1. The molecule has 2 fully saturated rings. The van der Waals surface area contributed by atoms with Gasteiger partial charge in [-0.1, -0.05) is 12.5 Å². The van der Waals surface area contributed by atoms with Gasteiger partial charge in [-0.3, -0.25) is 4.79 Å². The summed E-state index contributed by atoms with van der Waals surface area (Å²) in [4.78, 5) is 14.3. The number of nitrogens with one attached hydrogen (secondary N) is 1. The van der Waals surface area contributed by atoms with Crippen LogP contribution in [-0.4, -0.2) is 50.2 Å². The maximum absolute atomic E-state index is 11.9. The first kappa shape index (κ1) is 15.5. The summed E-state index contributed by atoms with van der Waals surface area (Å²) in [6.07, 6.45) is 7.74. The van der Waals surface area contributed by atoms with E-state index in [2.05, 4.69) is 16.8 Å². The summed E-state index contributed by atoms with van der Waals surface area (Å²) in [6, 6.07) is 0.572. The van der Waals surface area contributed by atoms with Crippen LogP contribution >= 0.6 is 0 Å². The molecule has 0 aromatic carbocycles. The number of esters is 1. The number of hydrogen-bond acceptors (Lipinski definition) is 4. The van der Waals surface area contributed by atoms with Crippen molar-refractivity contribution in [3.8, 4) is 0 Å². The first-order valence-electron chi connectivity index (χ1n) is 7.89. The van der Waals surface area contributed by atoms with E-state index in [0.717, 1.165) is 39.0 Å². The molecule has 0 aromatic heterocycles. The van der Waals surface area contributed by atoms with Gasteiger partial charge in [-0.15, -0.1) is 6.58 Å². The zero-order chi connectivity index (χ0) is 14.4. The van der Waals surface area contributed by atoms with E-state index in [0.29, 0.717) is 12.0 Å². The number of piperidine rings is 2. The SMILES string of the molecule is C=CCCN1C[C@H](C(=O)OC)C[C@H]([C@H]2CCCCN2)C1. The van der Waals surface area contributed by atoms with Crippen LogP contribution in [0.4, 0.5) is 0 Å². The number of nitrogens with zero attached hydrogens (tertiary/aromatic N) is 1. The van der Waals surface area contributed by atoms with Crippen LogP contribution in [0.3, 0.4) is 0 Å². The van der Waals surface area contributed by atoms with Crippen LogP contribution < -0.4 is 5.32 Å². The average molecular weight is 280 g/mol. The van der Waals surface area contributed by atoms with Crippen LogP contribution in [0.15, 0.2) is 12.7 Å². The van der Waals surface area contributed by atoms with Crippen molar-refractivity contribution in [3.63, 3.8) is 0 Å². The van der Waals surface area contributed by atoms with Crippen LogP contribution in [0.2, 0.25) is 0 Å². The summed E-state index contributed by atoms with van der Waals surface area (Å²) in [5.74, 6) is 0.555. The number of likely N-dealkylation sites (tertiary alicyclic amines) is 1. The average Bonchev–Trinajstić information content (AvgIpc) is 2.52. The Bertz CT molecular complexity index is 326. The van der Waals surface area contributed by atoms with Gasteiger partial charge in [-0.2, -0.15) is 0 Å². The number of carbonyl (C=O) groups excluding carboxylic acids is 1. The second-order valence-corrected chi connectivity index (χ2v) is 6.11. The smallest absolute Gasteiger partial charge is 0.309 e. The number of ether oxygens (including phenoxy) is 1. The molecule has 20 heavy (non-hydrogen) atoms. The van der Waals surface area contributed by atoms with Gasteiger partial charge in [0, 0.05) is 25.7 Å². The summed E-state index contributed by atoms with van der Waals surface area (Å²) in [7, 11) is 1.50. The Hall–Kier alpha value is -0.870. The number of rotatable bonds is 5. The highest BCUT2D eigenvalue weighted by molar-refractivity contribution is 5.72. The molecular weight excluding hydrogens is 252 g/mol. The fourth-order valence-electron chi connectivity index (χ4n) is 3.60. The Morgan fingerprint density at radius 3 is 2.95 bits per heavy atom.